The fourth-order valence-corrected chi connectivity index (χ4v) is 4.50. The lowest BCUT2D eigenvalue weighted by atomic mass is 9.97. The van der Waals surface area contributed by atoms with Crippen LogP contribution in [0.3, 0.4) is 0 Å². The van der Waals surface area contributed by atoms with E-state index in [4.69, 9.17) is 10.7 Å². The number of nitrogens with zero attached hydrogens (tertiary/aromatic N) is 2. The Balaban J connectivity index is 0.00000131. The Labute approximate surface area is 175 Å². The quantitative estimate of drug-likeness (QED) is 0.622. The van der Waals surface area contributed by atoms with Gasteiger partial charge < -0.3 is 10.6 Å². The van der Waals surface area contributed by atoms with Gasteiger partial charge in [0.1, 0.15) is 0 Å². The lowest BCUT2D eigenvalue weighted by Crippen LogP contribution is -2.38. The second-order valence-electron chi connectivity index (χ2n) is 6.59. The zero-order valence-corrected chi connectivity index (χ0v) is 17.3. The molecule has 3 aromatic rings. The number of benzene rings is 2. The first-order valence-electron chi connectivity index (χ1n) is 8.67. The molecule has 1 aliphatic rings. The first kappa shape index (κ1) is 21.5. The Hall–Kier alpha value is -1.82. The first-order valence-corrected chi connectivity index (χ1v) is 9.48. The van der Waals surface area contributed by atoms with Gasteiger partial charge in [-0.25, -0.2) is 4.98 Å². The number of piperidine rings is 1. The van der Waals surface area contributed by atoms with E-state index in [1.165, 1.54) is 9.71 Å². The van der Waals surface area contributed by atoms with Crippen molar-refractivity contribution in [3.05, 3.63) is 59.1 Å². The van der Waals surface area contributed by atoms with Crippen molar-refractivity contribution in [1.82, 2.24) is 9.88 Å². The fourth-order valence-electron chi connectivity index (χ4n) is 3.36. The second kappa shape index (κ2) is 9.40. The second-order valence-corrected chi connectivity index (χ2v) is 7.66. The van der Waals surface area contributed by atoms with E-state index >= 15 is 0 Å². The molecule has 144 valence electrons. The molecule has 1 aliphatic heterocycles. The minimum Gasteiger partial charge on any atom is -0.399 e. The molecule has 0 atom stereocenters. The third kappa shape index (κ3) is 4.92. The Morgan fingerprint density at radius 2 is 1.74 bits per heavy atom. The van der Waals surface area contributed by atoms with Gasteiger partial charge in [0, 0.05) is 24.7 Å². The van der Waals surface area contributed by atoms with Crippen LogP contribution in [0.25, 0.3) is 10.2 Å². The monoisotopic (exact) mass is 423 g/mol. The van der Waals surface area contributed by atoms with E-state index in [1.54, 1.807) is 11.3 Å². The van der Waals surface area contributed by atoms with Crippen LogP contribution < -0.4 is 5.73 Å². The van der Waals surface area contributed by atoms with Gasteiger partial charge in [-0.05, 0) is 42.7 Å². The minimum absolute atomic E-state index is 0. The normalized spacial score (nSPS) is 14.4. The van der Waals surface area contributed by atoms with Crippen molar-refractivity contribution in [1.29, 1.82) is 0 Å². The zero-order valence-electron chi connectivity index (χ0n) is 14.8. The average Bonchev–Trinajstić information content (AvgIpc) is 3.08. The van der Waals surface area contributed by atoms with Crippen LogP contribution in [0.1, 0.15) is 29.3 Å². The maximum atomic E-state index is 12.5. The van der Waals surface area contributed by atoms with Crippen LogP contribution in [0.4, 0.5) is 5.69 Å². The van der Waals surface area contributed by atoms with E-state index in [0.717, 1.165) is 42.7 Å². The molecule has 1 fully saturated rings. The summed E-state index contributed by atoms with van der Waals surface area (Å²) in [5.74, 6) is 0.672. The Bertz CT molecular complexity index is 857. The number of halogens is 2. The molecular weight excluding hydrogens is 401 g/mol. The molecule has 0 radical (unpaired) electrons. The average molecular weight is 424 g/mol. The Morgan fingerprint density at radius 1 is 1.07 bits per heavy atom. The molecule has 1 aromatic heterocycles. The van der Waals surface area contributed by atoms with Gasteiger partial charge in [-0.2, -0.15) is 0 Å². The number of anilines is 1. The SMILES string of the molecule is Cl.Cl.Nc1ccc(CC(=O)N2CCC(c3nc4ccccc4s3)CC2)cc1. The standard InChI is InChI=1S/C20H21N3OS.2ClH/c21-16-7-5-14(6-8-16)13-19(24)23-11-9-15(10-12-23)20-22-17-3-1-2-4-18(17)25-20;;/h1-8,15H,9-13,21H2;2*1H. The van der Waals surface area contributed by atoms with Gasteiger partial charge in [0.15, 0.2) is 0 Å². The summed E-state index contributed by atoms with van der Waals surface area (Å²) in [4.78, 5) is 19.3. The van der Waals surface area contributed by atoms with Crippen LogP contribution in [0.2, 0.25) is 0 Å². The lowest BCUT2D eigenvalue weighted by Gasteiger charge is -2.31. The summed E-state index contributed by atoms with van der Waals surface area (Å²) in [7, 11) is 0. The molecule has 2 aromatic carbocycles. The molecule has 0 spiro atoms. The van der Waals surface area contributed by atoms with E-state index < -0.39 is 0 Å². The number of nitrogens with two attached hydrogens (primary N) is 1. The van der Waals surface area contributed by atoms with E-state index in [-0.39, 0.29) is 30.7 Å². The summed E-state index contributed by atoms with van der Waals surface area (Å²) in [5.41, 5.74) is 8.54. The number of hydrogen-bond acceptors (Lipinski definition) is 4. The fraction of sp³-hybridized carbons (Fsp3) is 0.300. The lowest BCUT2D eigenvalue weighted by molar-refractivity contribution is -0.131. The van der Waals surface area contributed by atoms with Gasteiger partial charge in [-0.15, -0.1) is 36.2 Å². The predicted octanol–water partition coefficient (Wildman–Crippen LogP) is 4.67. The molecule has 0 unspecified atom stereocenters. The van der Waals surface area contributed by atoms with Crippen LogP contribution in [-0.2, 0) is 11.2 Å². The summed E-state index contributed by atoms with van der Waals surface area (Å²) >= 11 is 1.79. The molecule has 0 bridgehead atoms. The summed E-state index contributed by atoms with van der Waals surface area (Å²) in [6, 6.07) is 15.8. The van der Waals surface area contributed by atoms with Crippen LogP contribution in [0, 0.1) is 0 Å². The maximum absolute atomic E-state index is 12.5. The van der Waals surface area contributed by atoms with Gasteiger partial charge in [0.2, 0.25) is 5.91 Å². The number of carbonyl (C=O) groups is 1. The van der Waals surface area contributed by atoms with Crippen molar-refractivity contribution in [3.63, 3.8) is 0 Å². The highest BCUT2D eigenvalue weighted by Crippen LogP contribution is 2.33. The smallest absolute Gasteiger partial charge is 0.226 e. The van der Waals surface area contributed by atoms with Crippen molar-refractivity contribution in [2.75, 3.05) is 18.8 Å². The van der Waals surface area contributed by atoms with E-state index in [1.807, 2.05) is 35.2 Å². The van der Waals surface area contributed by atoms with Crippen molar-refractivity contribution < 1.29 is 4.79 Å². The number of para-hydroxylation sites is 1. The van der Waals surface area contributed by atoms with Crippen LogP contribution in [0.15, 0.2) is 48.5 Å². The Morgan fingerprint density at radius 3 is 2.41 bits per heavy atom. The molecule has 1 amide bonds. The number of thiazole rings is 1. The molecule has 7 heteroatoms. The number of likely N-dealkylation sites (tertiary alicyclic amines) is 1. The number of aromatic nitrogens is 1. The summed E-state index contributed by atoms with van der Waals surface area (Å²) in [6.45, 7) is 1.63. The van der Waals surface area contributed by atoms with Crippen LogP contribution >= 0.6 is 36.2 Å². The summed E-state index contributed by atoms with van der Waals surface area (Å²) < 4.78 is 1.25. The number of hydrogen-bond donors (Lipinski definition) is 1. The molecule has 0 saturated carbocycles. The van der Waals surface area contributed by atoms with Crippen molar-refractivity contribution in [2.45, 2.75) is 25.2 Å². The van der Waals surface area contributed by atoms with Crippen molar-refractivity contribution in [3.8, 4) is 0 Å². The third-order valence-electron chi connectivity index (χ3n) is 4.84. The van der Waals surface area contributed by atoms with E-state index in [9.17, 15) is 4.79 Å². The highest BCUT2D eigenvalue weighted by Gasteiger charge is 2.25. The van der Waals surface area contributed by atoms with Gasteiger partial charge in [-0.3, -0.25) is 4.79 Å². The number of rotatable bonds is 3. The van der Waals surface area contributed by atoms with Gasteiger partial charge in [0.25, 0.3) is 0 Å². The number of amides is 1. The van der Waals surface area contributed by atoms with Gasteiger partial charge >= 0.3 is 0 Å². The highest BCUT2D eigenvalue weighted by molar-refractivity contribution is 7.18. The van der Waals surface area contributed by atoms with Crippen molar-refractivity contribution >= 4 is 58.0 Å². The van der Waals surface area contributed by atoms with Crippen LogP contribution in [-0.4, -0.2) is 28.9 Å². The van der Waals surface area contributed by atoms with Crippen LogP contribution in [0.5, 0.6) is 0 Å². The van der Waals surface area contributed by atoms with Gasteiger partial charge in [0.05, 0.1) is 21.6 Å². The number of carbonyl (C=O) groups excluding carboxylic acids is 1. The summed E-state index contributed by atoms with van der Waals surface area (Å²) in [6.07, 6.45) is 2.44. The number of nitrogen functional groups attached to an aromatic ring is 1. The minimum atomic E-state index is 0. The highest BCUT2D eigenvalue weighted by atomic mass is 35.5. The van der Waals surface area contributed by atoms with Gasteiger partial charge in [-0.1, -0.05) is 24.3 Å². The molecule has 2 heterocycles. The third-order valence-corrected chi connectivity index (χ3v) is 6.04. The predicted molar refractivity (Wildman–Crippen MR) is 117 cm³/mol. The molecule has 4 rings (SSSR count). The molecule has 2 N–H and O–H groups in total. The molecule has 0 aliphatic carbocycles. The maximum Gasteiger partial charge on any atom is 0.226 e. The molecule has 1 saturated heterocycles. The first-order chi connectivity index (χ1) is 12.2. The van der Waals surface area contributed by atoms with E-state index in [2.05, 4.69) is 18.2 Å². The number of fused-ring (bicyclic) bond motifs is 1. The van der Waals surface area contributed by atoms with E-state index in [0.29, 0.717) is 12.3 Å². The Kier molecular flexibility index (Phi) is 7.48. The summed E-state index contributed by atoms with van der Waals surface area (Å²) in [5, 5.41) is 1.21. The molecular formula is C20H23Cl2N3OS. The van der Waals surface area contributed by atoms with Crippen molar-refractivity contribution in [2.24, 2.45) is 0 Å². The zero-order chi connectivity index (χ0) is 17.2. The molecule has 27 heavy (non-hydrogen) atoms. The largest absolute Gasteiger partial charge is 0.399 e. The topological polar surface area (TPSA) is 59.2 Å². The molecule has 4 nitrogen and oxygen atoms in total.